The summed E-state index contributed by atoms with van der Waals surface area (Å²) < 4.78 is 16.2. The Morgan fingerprint density at radius 3 is 2.49 bits per heavy atom. The van der Waals surface area contributed by atoms with E-state index in [0.717, 1.165) is 16.0 Å². The number of ether oxygens (including phenoxy) is 2. The van der Waals surface area contributed by atoms with Crippen LogP contribution in [0.15, 0.2) is 71.5 Å². The smallest absolute Gasteiger partial charge is 0.240 e. The van der Waals surface area contributed by atoms with Gasteiger partial charge >= 0.3 is 0 Å². The number of amides is 2. The van der Waals surface area contributed by atoms with Gasteiger partial charge in [0.2, 0.25) is 17.6 Å². The van der Waals surface area contributed by atoms with Gasteiger partial charge in [0.15, 0.2) is 5.76 Å². The SMILES string of the molecule is COc1ccc(OC)c(N2C(=O)[C@@H]3[C@H](C2=O)[C@H]2c4ccccc4C=CN2[C@H]3C(=O)c2ccco2)c1. The average Bonchev–Trinajstić information content (AvgIpc) is 3.60. The van der Waals surface area contributed by atoms with Crippen molar-refractivity contribution in [3.05, 3.63) is 83.9 Å². The Balaban J connectivity index is 1.51. The van der Waals surface area contributed by atoms with Crippen LogP contribution < -0.4 is 14.4 Å². The highest BCUT2D eigenvalue weighted by molar-refractivity contribution is 6.25. The second-order valence-electron chi connectivity index (χ2n) is 8.72. The van der Waals surface area contributed by atoms with Crippen LogP contribution >= 0.6 is 0 Å². The predicted molar refractivity (Wildman–Crippen MR) is 126 cm³/mol. The largest absolute Gasteiger partial charge is 0.497 e. The molecule has 1 aromatic heterocycles. The molecule has 2 aromatic carbocycles. The van der Waals surface area contributed by atoms with Gasteiger partial charge in [0, 0.05) is 12.3 Å². The maximum atomic E-state index is 14.0. The van der Waals surface area contributed by atoms with Crippen LogP contribution in [0.3, 0.4) is 0 Å². The Morgan fingerprint density at radius 1 is 0.943 bits per heavy atom. The van der Waals surface area contributed by atoms with Crippen molar-refractivity contribution in [3.8, 4) is 11.5 Å². The van der Waals surface area contributed by atoms with Crippen molar-refractivity contribution in [1.29, 1.82) is 0 Å². The molecule has 0 bridgehead atoms. The van der Waals surface area contributed by atoms with E-state index >= 15 is 0 Å². The average molecular weight is 470 g/mol. The zero-order valence-corrected chi connectivity index (χ0v) is 19.1. The predicted octanol–water partition coefficient (Wildman–Crippen LogP) is 3.70. The fourth-order valence-electron chi connectivity index (χ4n) is 5.63. The van der Waals surface area contributed by atoms with E-state index in [2.05, 4.69) is 0 Å². The third-order valence-electron chi connectivity index (χ3n) is 7.12. The number of imide groups is 1. The lowest BCUT2D eigenvalue weighted by atomic mass is 9.84. The molecule has 3 aliphatic heterocycles. The first-order valence-electron chi connectivity index (χ1n) is 11.3. The molecule has 0 spiro atoms. The van der Waals surface area contributed by atoms with Crippen molar-refractivity contribution in [3.63, 3.8) is 0 Å². The molecule has 0 unspecified atom stereocenters. The van der Waals surface area contributed by atoms with Crippen molar-refractivity contribution in [2.24, 2.45) is 11.8 Å². The van der Waals surface area contributed by atoms with E-state index in [1.165, 1.54) is 20.5 Å². The van der Waals surface area contributed by atoms with Gasteiger partial charge in [-0.25, -0.2) is 4.90 Å². The molecule has 0 N–H and O–H groups in total. The van der Waals surface area contributed by atoms with E-state index in [-0.39, 0.29) is 17.5 Å². The van der Waals surface area contributed by atoms with Crippen LogP contribution in [0.2, 0.25) is 0 Å². The van der Waals surface area contributed by atoms with Crippen LogP contribution in [0.25, 0.3) is 6.08 Å². The highest BCUT2D eigenvalue weighted by Gasteiger charge is 2.65. The standard InChI is InChI=1S/C27H22N2O6/c1-33-16-9-10-19(34-2)18(14-16)29-26(31)21-22(27(29)32)24(25(30)20-8-5-13-35-20)28-12-11-15-6-3-4-7-17(15)23(21)28/h3-14,21-24H,1-2H3/t21-,22+,23+,24+/m0/s1. The molecular weight excluding hydrogens is 448 g/mol. The Morgan fingerprint density at radius 2 is 1.74 bits per heavy atom. The molecule has 2 saturated heterocycles. The highest BCUT2D eigenvalue weighted by Crippen LogP contribution is 2.54. The molecule has 6 rings (SSSR count). The first-order valence-corrected chi connectivity index (χ1v) is 11.3. The zero-order valence-electron chi connectivity index (χ0n) is 19.1. The number of nitrogens with zero attached hydrogens (tertiary/aromatic N) is 2. The summed E-state index contributed by atoms with van der Waals surface area (Å²) >= 11 is 0. The molecule has 3 aromatic rings. The normalized spacial score (nSPS) is 24.3. The Bertz CT molecular complexity index is 1380. The van der Waals surface area contributed by atoms with E-state index in [4.69, 9.17) is 13.9 Å². The molecule has 3 aliphatic rings. The first-order chi connectivity index (χ1) is 17.0. The molecule has 0 radical (unpaired) electrons. The molecule has 0 aliphatic carbocycles. The minimum Gasteiger partial charge on any atom is -0.497 e. The molecule has 2 fully saturated rings. The van der Waals surface area contributed by atoms with Crippen molar-refractivity contribution in [2.45, 2.75) is 12.1 Å². The van der Waals surface area contributed by atoms with E-state index in [1.54, 1.807) is 30.3 Å². The first kappa shape index (κ1) is 21.2. The number of fused-ring (bicyclic) bond motifs is 5. The second kappa shape index (κ2) is 7.87. The topological polar surface area (TPSA) is 89.3 Å². The molecule has 35 heavy (non-hydrogen) atoms. The maximum Gasteiger partial charge on any atom is 0.240 e. The molecule has 4 atom stereocenters. The number of anilines is 1. The third kappa shape index (κ3) is 2.96. The van der Waals surface area contributed by atoms with Gasteiger partial charge in [-0.1, -0.05) is 24.3 Å². The zero-order chi connectivity index (χ0) is 24.3. The number of furan rings is 1. The van der Waals surface area contributed by atoms with Gasteiger partial charge in [-0.2, -0.15) is 0 Å². The molecule has 2 amide bonds. The number of Topliss-reactive ketones (excluding diaryl/α,β-unsaturated/α-hetero) is 1. The molecular formula is C27H22N2O6. The molecule has 0 saturated carbocycles. The van der Waals surface area contributed by atoms with Gasteiger partial charge in [-0.05, 0) is 41.5 Å². The fourth-order valence-corrected chi connectivity index (χ4v) is 5.63. The van der Waals surface area contributed by atoms with Crippen LogP contribution in [0.4, 0.5) is 5.69 Å². The fraction of sp³-hybridized carbons (Fsp3) is 0.222. The number of hydrogen-bond acceptors (Lipinski definition) is 7. The molecule has 8 heteroatoms. The lowest BCUT2D eigenvalue weighted by Gasteiger charge is -2.35. The number of carbonyl (C=O) groups excluding carboxylic acids is 3. The number of hydrogen-bond donors (Lipinski definition) is 0. The van der Waals surface area contributed by atoms with Gasteiger partial charge in [0.1, 0.15) is 17.5 Å². The summed E-state index contributed by atoms with van der Waals surface area (Å²) in [6, 6.07) is 14.5. The van der Waals surface area contributed by atoms with E-state index in [1.807, 2.05) is 41.4 Å². The summed E-state index contributed by atoms with van der Waals surface area (Å²) in [5, 5.41) is 0. The van der Waals surface area contributed by atoms with Crippen LogP contribution in [-0.2, 0) is 9.59 Å². The van der Waals surface area contributed by atoms with Crippen molar-refractivity contribution < 1.29 is 28.3 Å². The number of methoxy groups -OCH3 is 2. The second-order valence-corrected chi connectivity index (χ2v) is 8.72. The minimum atomic E-state index is -0.892. The van der Waals surface area contributed by atoms with Crippen molar-refractivity contribution >= 4 is 29.4 Å². The van der Waals surface area contributed by atoms with Gasteiger partial charge in [0.25, 0.3) is 0 Å². The van der Waals surface area contributed by atoms with Gasteiger partial charge < -0.3 is 18.8 Å². The Kier molecular flexibility index (Phi) is 4.77. The molecule has 8 nitrogen and oxygen atoms in total. The third-order valence-corrected chi connectivity index (χ3v) is 7.12. The lowest BCUT2D eigenvalue weighted by Crippen LogP contribution is -2.44. The van der Waals surface area contributed by atoms with Crippen LogP contribution in [0.5, 0.6) is 11.5 Å². The summed E-state index contributed by atoms with van der Waals surface area (Å²) in [7, 11) is 2.99. The quantitative estimate of drug-likeness (QED) is 0.415. The summed E-state index contributed by atoms with van der Waals surface area (Å²) in [6.45, 7) is 0. The van der Waals surface area contributed by atoms with Gasteiger partial charge in [-0.3, -0.25) is 14.4 Å². The number of benzene rings is 2. The number of ketones is 1. The number of carbonyl (C=O) groups is 3. The maximum absolute atomic E-state index is 14.0. The summed E-state index contributed by atoms with van der Waals surface area (Å²) in [4.78, 5) is 44.6. The van der Waals surface area contributed by atoms with Gasteiger partial charge in [0.05, 0.1) is 44.0 Å². The van der Waals surface area contributed by atoms with Crippen molar-refractivity contribution in [2.75, 3.05) is 19.1 Å². The van der Waals surface area contributed by atoms with Crippen LogP contribution in [0, 0.1) is 11.8 Å². The Labute approximate surface area is 201 Å². The van der Waals surface area contributed by atoms with E-state index < -0.39 is 29.8 Å². The molecule has 4 heterocycles. The van der Waals surface area contributed by atoms with Gasteiger partial charge in [-0.15, -0.1) is 0 Å². The number of rotatable bonds is 5. The van der Waals surface area contributed by atoms with Crippen molar-refractivity contribution in [1.82, 2.24) is 4.90 Å². The molecule has 176 valence electrons. The summed E-state index contributed by atoms with van der Waals surface area (Å²) in [5.41, 5.74) is 2.16. The minimum absolute atomic E-state index is 0.152. The van der Waals surface area contributed by atoms with E-state index in [9.17, 15) is 14.4 Å². The highest BCUT2D eigenvalue weighted by atomic mass is 16.5. The lowest BCUT2D eigenvalue weighted by molar-refractivity contribution is -0.123. The Hall–Kier alpha value is -4.33. The monoisotopic (exact) mass is 470 g/mol. The van der Waals surface area contributed by atoms with Crippen LogP contribution in [-0.4, -0.2) is 42.8 Å². The summed E-state index contributed by atoms with van der Waals surface area (Å²) in [5.74, 6) is -1.81. The van der Waals surface area contributed by atoms with E-state index in [0.29, 0.717) is 17.2 Å². The van der Waals surface area contributed by atoms with Crippen LogP contribution in [0.1, 0.15) is 27.7 Å². The summed E-state index contributed by atoms with van der Waals surface area (Å²) in [6.07, 6.45) is 5.15.